The summed E-state index contributed by atoms with van der Waals surface area (Å²) in [5, 5.41) is 12.2. The van der Waals surface area contributed by atoms with E-state index in [4.69, 9.17) is 9.47 Å². The molecule has 36 heavy (non-hydrogen) atoms. The minimum Gasteiger partial charge on any atom is -0.423 e. The average Bonchev–Trinajstić information content (AvgIpc) is 3.60. The van der Waals surface area contributed by atoms with E-state index in [2.05, 4.69) is 26.5 Å². The molecule has 0 N–H and O–H groups in total. The SMILES string of the molecule is CO[C@@]12CCC(=O)C[C@@]13CCN(CC1CC1)C2Cc1cccc(Oc2nnnn2-c2ccccc2)c13. The molecule has 4 aliphatic rings. The van der Waals surface area contributed by atoms with E-state index >= 15 is 0 Å². The maximum Gasteiger partial charge on any atom is 0.345 e. The van der Waals surface area contributed by atoms with Crippen molar-refractivity contribution in [3.8, 4) is 17.4 Å². The number of tetrazole rings is 1. The molecule has 8 nitrogen and oxygen atoms in total. The minimum atomic E-state index is -0.420. The fourth-order valence-electron chi connectivity index (χ4n) is 7.37. The third kappa shape index (κ3) is 3.20. The van der Waals surface area contributed by atoms with E-state index in [9.17, 15) is 4.79 Å². The Bertz CT molecular complexity index is 1310. The Morgan fingerprint density at radius 3 is 2.75 bits per heavy atom. The highest BCUT2D eigenvalue weighted by Crippen LogP contribution is 2.61. The number of hydrogen-bond acceptors (Lipinski definition) is 7. The maximum atomic E-state index is 13.1. The highest BCUT2D eigenvalue weighted by Gasteiger charge is 2.66. The molecule has 1 saturated heterocycles. The predicted octanol–water partition coefficient (Wildman–Crippen LogP) is 3.87. The zero-order valence-electron chi connectivity index (χ0n) is 20.6. The molecule has 3 aromatic rings. The standard InChI is InChI=1S/C28H31N5O3/c1-35-28-13-12-22(34)17-27(28)14-15-32(18-19-10-11-19)24(28)16-20-6-5-9-23(25(20)27)36-26-29-30-31-33(26)21-7-3-2-4-8-21/h2-9,19,24H,10-18H2,1H3/t24?,27-,28-/m1/s1. The summed E-state index contributed by atoms with van der Waals surface area (Å²) >= 11 is 0. The molecule has 2 heterocycles. The van der Waals surface area contributed by atoms with Gasteiger partial charge in [0.2, 0.25) is 0 Å². The quantitative estimate of drug-likeness (QED) is 0.524. The molecule has 2 bridgehead atoms. The predicted molar refractivity (Wildman–Crippen MR) is 132 cm³/mol. The van der Waals surface area contributed by atoms with Crippen molar-refractivity contribution in [2.75, 3.05) is 20.2 Å². The van der Waals surface area contributed by atoms with Gasteiger partial charge in [0, 0.05) is 43.5 Å². The first-order valence-corrected chi connectivity index (χ1v) is 13.1. The number of piperidine rings is 1. The van der Waals surface area contributed by atoms with E-state index in [1.807, 2.05) is 49.6 Å². The maximum absolute atomic E-state index is 13.1. The van der Waals surface area contributed by atoms with E-state index in [-0.39, 0.29) is 6.04 Å². The van der Waals surface area contributed by atoms with Crippen LogP contribution in [0.15, 0.2) is 48.5 Å². The van der Waals surface area contributed by atoms with Crippen LogP contribution in [0.3, 0.4) is 0 Å². The van der Waals surface area contributed by atoms with Gasteiger partial charge >= 0.3 is 6.01 Å². The van der Waals surface area contributed by atoms with E-state index in [0.717, 1.165) is 55.3 Å². The molecule has 1 aliphatic heterocycles. The van der Waals surface area contributed by atoms with Crippen LogP contribution in [0.1, 0.15) is 49.7 Å². The Morgan fingerprint density at radius 2 is 1.94 bits per heavy atom. The second-order valence-corrected chi connectivity index (χ2v) is 10.9. The van der Waals surface area contributed by atoms with Crippen LogP contribution in [0.25, 0.3) is 5.69 Å². The van der Waals surface area contributed by atoms with Gasteiger partial charge in [-0.05, 0) is 78.8 Å². The number of carbonyl (C=O) groups is 1. The Morgan fingerprint density at radius 1 is 1.08 bits per heavy atom. The van der Waals surface area contributed by atoms with Crippen molar-refractivity contribution in [1.82, 2.24) is 25.1 Å². The van der Waals surface area contributed by atoms with Gasteiger partial charge in [-0.2, -0.15) is 4.68 Å². The Labute approximate surface area is 210 Å². The van der Waals surface area contributed by atoms with Crippen LogP contribution in [-0.4, -0.2) is 62.7 Å². The normalized spacial score (nSPS) is 29.5. The van der Waals surface area contributed by atoms with Crippen molar-refractivity contribution >= 4 is 5.78 Å². The zero-order chi connectivity index (χ0) is 24.3. The number of aromatic nitrogens is 4. The van der Waals surface area contributed by atoms with Gasteiger partial charge in [0.25, 0.3) is 0 Å². The zero-order valence-corrected chi connectivity index (χ0v) is 20.6. The molecule has 7 rings (SSSR count). The third-order valence-corrected chi connectivity index (χ3v) is 9.09. The number of carbonyl (C=O) groups excluding carboxylic acids is 1. The number of nitrogens with zero attached hydrogens (tertiary/aromatic N) is 5. The van der Waals surface area contributed by atoms with E-state index in [1.54, 1.807) is 4.68 Å². The van der Waals surface area contributed by atoms with Crippen molar-refractivity contribution in [2.45, 2.75) is 62.0 Å². The fraction of sp³-hybridized carbons (Fsp3) is 0.500. The molecule has 2 aromatic carbocycles. The number of Topliss-reactive ketones (excluding diaryl/α,β-unsaturated/α-hetero) is 1. The van der Waals surface area contributed by atoms with E-state index in [1.165, 1.54) is 18.4 Å². The van der Waals surface area contributed by atoms with Crippen LogP contribution < -0.4 is 4.74 Å². The summed E-state index contributed by atoms with van der Waals surface area (Å²) < 4.78 is 14.7. The van der Waals surface area contributed by atoms with Crippen LogP contribution in [-0.2, 0) is 21.4 Å². The van der Waals surface area contributed by atoms with Crippen molar-refractivity contribution in [1.29, 1.82) is 0 Å². The molecule has 186 valence electrons. The third-order valence-electron chi connectivity index (χ3n) is 9.09. The van der Waals surface area contributed by atoms with Gasteiger partial charge in [0.05, 0.1) is 11.3 Å². The molecule has 0 amide bonds. The molecule has 8 heteroatoms. The second-order valence-electron chi connectivity index (χ2n) is 10.9. The number of para-hydroxylation sites is 1. The summed E-state index contributed by atoms with van der Waals surface area (Å²) in [6, 6.07) is 16.6. The number of rotatable bonds is 6. The summed E-state index contributed by atoms with van der Waals surface area (Å²) in [6.45, 7) is 2.12. The van der Waals surface area contributed by atoms with E-state index in [0.29, 0.717) is 24.6 Å². The molecule has 0 spiro atoms. The molecule has 2 saturated carbocycles. The monoisotopic (exact) mass is 485 g/mol. The van der Waals surface area contributed by atoms with Gasteiger partial charge < -0.3 is 9.47 Å². The number of likely N-dealkylation sites (tertiary alicyclic amines) is 1. The summed E-state index contributed by atoms with van der Waals surface area (Å²) in [6.07, 6.45) is 6.26. The first-order valence-electron chi connectivity index (χ1n) is 13.1. The van der Waals surface area contributed by atoms with Crippen LogP contribution >= 0.6 is 0 Å². The van der Waals surface area contributed by atoms with Crippen molar-refractivity contribution in [3.63, 3.8) is 0 Å². The van der Waals surface area contributed by atoms with Crippen LogP contribution in [0, 0.1) is 5.92 Å². The smallest absolute Gasteiger partial charge is 0.345 e. The molecule has 3 aliphatic carbocycles. The Kier molecular flexibility index (Phi) is 5.05. The van der Waals surface area contributed by atoms with Crippen LogP contribution in [0.2, 0.25) is 0 Å². The lowest BCUT2D eigenvalue weighted by molar-refractivity contribution is -0.188. The lowest BCUT2D eigenvalue weighted by atomic mass is 9.49. The fourth-order valence-corrected chi connectivity index (χ4v) is 7.37. The first kappa shape index (κ1) is 22.1. The molecule has 1 unspecified atom stereocenters. The van der Waals surface area contributed by atoms with Gasteiger partial charge in [-0.3, -0.25) is 9.69 Å². The van der Waals surface area contributed by atoms with Gasteiger partial charge in [0.15, 0.2) is 0 Å². The van der Waals surface area contributed by atoms with Crippen molar-refractivity contribution < 1.29 is 14.3 Å². The first-order chi connectivity index (χ1) is 17.6. The number of methoxy groups -OCH3 is 1. The van der Waals surface area contributed by atoms with Gasteiger partial charge in [-0.1, -0.05) is 35.4 Å². The summed E-state index contributed by atoms with van der Waals surface area (Å²) in [7, 11) is 1.85. The molecule has 3 atom stereocenters. The molecule has 1 aromatic heterocycles. The summed E-state index contributed by atoms with van der Waals surface area (Å²) in [5.74, 6) is 1.85. The van der Waals surface area contributed by atoms with Crippen molar-refractivity contribution in [3.05, 3.63) is 59.7 Å². The van der Waals surface area contributed by atoms with Gasteiger partial charge in [-0.15, -0.1) is 0 Å². The Hall–Kier alpha value is -3.10. The topological polar surface area (TPSA) is 82.4 Å². The highest BCUT2D eigenvalue weighted by molar-refractivity contribution is 5.83. The van der Waals surface area contributed by atoms with Crippen molar-refractivity contribution in [2.24, 2.45) is 5.92 Å². The summed E-state index contributed by atoms with van der Waals surface area (Å²) in [5.41, 5.74) is 2.36. The van der Waals surface area contributed by atoms with E-state index < -0.39 is 11.0 Å². The largest absolute Gasteiger partial charge is 0.423 e. The second kappa shape index (κ2) is 8.21. The average molecular weight is 486 g/mol. The minimum absolute atomic E-state index is 0.266. The lowest BCUT2D eigenvalue weighted by Crippen LogP contribution is -2.74. The number of hydrogen-bond donors (Lipinski definition) is 0. The number of ether oxygens (including phenoxy) is 2. The Balaban J connectivity index is 1.35. The number of benzene rings is 2. The molecule has 3 fully saturated rings. The van der Waals surface area contributed by atoms with Crippen LogP contribution in [0.5, 0.6) is 11.8 Å². The van der Waals surface area contributed by atoms with Gasteiger partial charge in [-0.25, -0.2) is 0 Å². The lowest BCUT2D eigenvalue weighted by Gasteiger charge is -2.65. The number of ketones is 1. The molecular formula is C28H31N5O3. The van der Waals surface area contributed by atoms with Gasteiger partial charge in [0.1, 0.15) is 11.5 Å². The highest BCUT2D eigenvalue weighted by atomic mass is 16.5. The summed E-state index contributed by atoms with van der Waals surface area (Å²) in [4.78, 5) is 15.7. The number of fused-ring (bicyclic) bond motifs is 1. The van der Waals surface area contributed by atoms with Crippen LogP contribution in [0.4, 0.5) is 0 Å². The molecule has 0 radical (unpaired) electrons. The molecular weight excluding hydrogens is 454 g/mol.